The second-order valence-corrected chi connectivity index (χ2v) is 9.72. The Kier molecular flexibility index (Phi) is 4.63. The van der Waals surface area contributed by atoms with Gasteiger partial charge in [-0.1, -0.05) is 30.3 Å². The lowest BCUT2D eigenvalue weighted by Gasteiger charge is -2.10. The molecule has 0 bridgehead atoms. The van der Waals surface area contributed by atoms with Gasteiger partial charge in [0.15, 0.2) is 0 Å². The van der Waals surface area contributed by atoms with Crippen molar-refractivity contribution < 1.29 is 14.9 Å². The maximum Gasteiger partial charge on any atom is 0.107 e. The summed E-state index contributed by atoms with van der Waals surface area (Å²) in [5.74, 6) is 0. The normalized spacial score (nSPS) is 22.7. The highest BCUT2D eigenvalue weighted by molar-refractivity contribution is 7.27. The molecule has 6 heteroatoms. The van der Waals surface area contributed by atoms with Crippen LogP contribution in [-0.2, 0) is 4.74 Å². The maximum atomic E-state index is 10.0. The Morgan fingerprint density at radius 2 is 1.70 bits per heavy atom. The fourth-order valence-corrected chi connectivity index (χ4v) is 6.92. The first kappa shape index (κ1) is 17.6. The number of benzene rings is 1. The monoisotopic (exact) mass is 414 g/mol. The topological polar surface area (TPSA) is 49.7 Å². The highest BCUT2D eigenvalue weighted by Crippen LogP contribution is 2.48. The highest BCUT2D eigenvalue weighted by Gasteiger charge is 2.35. The van der Waals surface area contributed by atoms with E-state index in [1.54, 1.807) is 22.7 Å². The van der Waals surface area contributed by atoms with Crippen molar-refractivity contribution in [3.8, 4) is 19.5 Å². The minimum Gasteiger partial charge on any atom is -0.394 e. The van der Waals surface area contributed by atoms with Crippen molar-refractivity contribution in [3.05, 3.63) is 58.8 Å². The molecule has 0 aliphatic carbocycles. The van der Waals surface area contributed by atoms with Gasteiger partial charge in [-0.25, -0.2) is 0 Å². The summed E-state index contributed by atoms with van der Waals surface area (Å²) in [4.78, 5) is 6.22. The van der Waals surface area contributed by atoms with Crippen LogP contribution in [0.3, 0.4) is 0 Å². The van der Waals surface area contributed by atoms with Crippen LogP contribution in [0.5, 0.6) is 0 Å². The summed E-state index contributed by atoms with van der Waals surface area (Å²) in [7, 11) is 0. The Hall–Kier alpha value is -1.54. The molecule has 1 aliphatic rings. The lowest BCUT2D eigenvalue weighted by atomic mass is 10.1. The molecular weight excluding hydrogens is 396 g/mol. The van der Waals surface area contributed by atoms with E-state index in [0.29, 0.717) is 6.42 Å². The van der Waals surface area contributed by atoms with Gasteiger partial charge in [-0.3, -0.25) is 0 Å². The molecule has 4 heterocycles. The van der Waals surface area contributed by atoms with Gasteiger partial charge in [0, 0.05) is 31.8 Å². The van der Waals surface area contributed by atoms with E-state index in [4.69, 9.17) is 4.74 Å². The standard InChI is InChI=1S/C21H18O3S3/c22-11-16-14(23)10-15(24-16)17-7-8-19(26-17)21-13-5-2-1-4-12(13)20(27-21)18-6-3-9-25-18/h1-9,14-16,22-23H,10-11H2/t14-,15-,16+/m0/s1. The zero-order valence-corrected chi connectivity index (χ0v) is 16.8. The van der Waals surface area contributed by atoms with Gasteiger partial charge in [0.25, 0.3) is 0 Å². The van der Waals surface area contributed by atoms with Gasteiger partial charge in [0.2, 0.25) is 0 Å². The maximum absolute atomic E-state index is 10.0. The van der Waals surface area contributed by atoms with Crippen LogP contribution in [0.4, 0.5) is 0 Å². The number of hydrogen-bond donors (Lipinski definition) is 2. The van der Waals surface area contributed by atoms with Crippen LogP contribution in [0.15, 0.2) is 53.9 Å². The van der Waals surface area contributed by atoms with E-state index in [0.717, 1.165) is 4.88 Å². The molecule has 5 rings (SSSR count). The molecule has 1 saturated heterocycles. The van der Waals surface area contributed by atoms with E-state index in [1.807, 2.05) is 11.3 Å². The molecule has 0 unspecified atom stereocenters. The van der Waals surface area contributed by atoms with Crippen molar-refractivity contribution >= 4 is 44.8 Å². The van der Waals surface area contributed by atoms with Crippen LogP contribution < -0.4 is 0 Å². The number of rotatable bonds is 4. The molecule has 1 aromatic carbocycles. The van der Waals surface area contributed by atoms with Crippen LogP contribution in [0.1, 0.15) is 17.4 Å². The summed E-state index contributed by atoms with van der Waals surface area (Å²) in [5.41, 5.74) is 0. The molecular formula is C21H18O3S3. The summed E-state index contributed by atoms with van der Waals surface area (Å²) in [5, 5.41) is 24.0. The lowest BCUT2D eigenvalue weighted by Crippen LogP contribution is -2.24. The first-order chi connectivity index (χ1) is 13.2. The predicted molar refractivity (Wildman–Crippen MR) is 114 cm³/mol. The van der Waals surface area contributed by atoms with E-state index >= 15 is 0 Å². The largest absolute Gasteiger partial charge is 0.394 e. The molecule has 3 atom stereocenters. The summed E-state index contributed by atoms with van der Waals surface area (Å²) < 4.78 is 5.83. The number of hydrogen-bond acceptors (Lipinski definition) is 6. The van der Waals surface area contributed by atoms with Gasteiger partial charge in [0.1, 0.15) is 6.10 Å². The number of fused-ring (bicyclic) bond motifs is 1. The third kappa shape index (κ3) is 3.06. The van der Waals surface area contributed by atoms with E-state index < -0.39 is 12.2 Å². The summed E-state index contributed by atoms with van der Waals surface area (Å²) in [6.07, 6.45) is -0.678. The summed E-state index contributed by atoms with van der Waals surface area (Å²) in [6, 6.07) is 17.1. The Bertz CT molecular complexity index is 1060. The second kappa shape index (κ2) is 7.13. The van der Waals surface area contributed by atoms with E-state index in [1.165, 1.54) is 30.3 Å². The molecule has 1 fully saturated rings. The Morgan fingerprint density at radius 3 is 2.37 bits per heavy atom. The average Bonchev–Trinajstić information content (AvgIpc) is 3.46. The predicted octanol–water partition coefficient (Wildman–Crippen LogP) is 5.54. The smallest absolute Gasteiger partial charge is 0.107 e. The van der Waals surface area contributed by atoms with Gasteiger partial charge in [-0.15, -0.1) is 34.0 Å². The van der Waals surface area contributed by atoms with Crippen LogP contribution in [0.25, 0.3) is 30.3 Å². The van der Waals surface area contributed by atoms with Gasteiger partial charge in [-0.2, -0.15) is 0 Å². The molecule has 138 valence electrons. The van der Waals surface area contributed by atoms with E-state index in [9.17, 15) is 10.2 Å². The van der Waals surface area contributed by atoms with E-state index in [-0.39, 0.29) is 12.7 Å². The fourth-order valence-electron chi connectivity index (χ4n) is 3.59. The minimum atomic E-state index is -0.599. The van der Waals surface area contributed by atoms with Crippen molar-refractivity contribution in [2.45, 2.75) is 24.7 Å². The second-order valence-electron chi connectivity index (χ2n) is 6.63. The number of thiophene rings is 3. The molecule has 2 N–H and O–H groups in total. The third-order valence-electron chi connectivity index (χ3n) is 4.94. The molecule has 1 aliphatic heterocycles. The Morgan fingerprint density at radius 1 is 0.926 bits per heavy atom. The summed E-state index contributed by atoms with van der Waals surface area (Å²) in [6.45, 7) is -0.143. The highest BCUT2D eigenvalue weighted by atomic mass is 32.1. The van der Waals surface area contributed by atoms with Crippen molar-refractivity contribution in [1.82, 2.24) is 0 Å². The van der Waals surface area contributed by atoms with E-state index in [2.05, 4.69) is 53.9 Å². The van der Waals surface area contributed by atoms with Crippen LogP contribution in [-0.4, -0.2) is 29.0 Å². The minimum absolute atomic E-state index is 0.140. The van der Waals surface area contributed by atoms with Crippen molar-refractivity contribution in [1.29, 1.82) is 0 Å². The number of aliphatic hydroxyl groups excluding tert-OH is 2. The Labute approximate surface area is 169 Å². The summed E-state index contributed by atoms with van der Waals surface area (Å²) >= 11 is 5.33. The molecule has 27 heavy (non-hydrogen) atoms. The molecule has 0 spiro atoms. The van der Waals surface area contributed by atoms with Gasteiger partial charge >= 0.3 is 0 Å². The molecule has 0 radical (unpaired) electrons. The first-order valence-electron chi connectivity index (χ1n) is 8.84. The lowest BCUT2D eigenvalue weighted by molar-refractivity contribution is -0.0216. The van der Waals surface area contributed by atoms with Crippen LogP contribution in [0.2, 0.25) is 0 Å². The molecule has 0 amide bonds. The quantitative estimate of drug-likeness (QED) is 0.461. The van der Waals surface area contributed by atoms with Crippen LogP contribution in [0, 0.1) is 0 Å². The van der Waals surface area contributed by atoms with Crippen molar-refractivity contribution in [2.24, 2.45) is 0 Å². The molecule has 3 nitrogen and oxygen atoms in total. The van der Waals surface area contributed by atoms with Crippen molar-refractivity contribution in [2.75, 3.05) is 6.61 Å². The third-order valence-corrected chi connectivity index (χ3v) is 8.57. The number of aliphatic hydroxyl groups is 2. The zero-order chi connectivity index (χ0) is 18.4. The van der Waals surface area contributed by atoms with Crippen molar-refractivity contribution in [3.63, 3.8) is 0 Å². The molecule has 3 aromatic heterocycles. The SMILES string of the molecule is OC[C@H]1O[C@H](c2ccc(-c3sc(-c4cccs4)c4ccccc34)s2)C[C@@H]1O. The van der Waals surface area contributed by atoms with Gasteiger partial charge in [-0.05, 0) is 23.6 Å². The molecule has 0 saturated carbocycles. The molecule has 4 aromatic rings. The van der Waals surface area contributed by atoms with Crippen LogP contribution >= 0.6 is 34.0 Å². The Balaban J connectivity index is 1.55. The first-order valence-corrected chi connectivity index (χ1v) is 11.4. The zero-order valence-electron chi connectivity index (χ0n) is 14.4. The average molecular weight is 415 g/mol. The fraction of sp³-hybridized carbons (Fsp3) is 0.238. The van der Waals surface area contributed by atoms with Gasteiger partial charge < -0.3 is 14.9 Å². The number of ether oxygens (including phenoxy) is 1. The van der Waals surface area contributed by atoms with Gasteiger partial charge in [0.05, 0.1) is 28.6 Å².